The number of sulfonamides is 1. The standard InChI is InChI=1S/C4H11NO2STe/c1-2-3-4-8(6,7)5-9/h5,9H,2-4H2,1H3. The van der Waals surface area contributed by atoms with Gasteiger partial charge >= 0.3 is 69.5 Å². The number of hydrogen-bond donors (Lipinski definition) is 1. The molecule has 0 spiro atoms. The Bertz CT molecular complexity index is 154. The minimum atomic E-state index is -2.91. The molecule has 0 bridgehead atoms. The van der Waals surface area contributed by atoms with Gasteiger partial charge in [-0.05, 0) is 0 Å². The molecule has 0 aromatic carbocycles. The van der Waals surface area contributed by atoms with Crippen LogP contribution in [0.25, 0.3) is 0 Å². The SMILES string of the molecule is CCCCS(=O)(=O)N[TeH]. The predicted molar refractivity (Wildman–Crippen MR) is 39.0 cm³/mol. The van der Waals surface area contributed by atoms with Crippen molar-refractivity contribution in [3.8, 4) is 0 Å². The molecule has 0 aromatic heterocycles. The number of unbranched alkanes of at least 4 members (excludes halogenated alkanes) is 1. The Hall–Kier alpha value is 0.700. The van der Waals surface area contributed by atoms with E-state index in [9.17, 15) is 8.42 Å². The molecule has 0 saturated carbocycles. The van der Waals surface area contributed by atoms with Crippen molar-refractivity contribution in [2.24, 2.45) is 0 Å². The summed E-state index contributed by atoms with van der Waals surface area (Å²) in [5.74, 6) is 0.262. The molecule has 3 nitrogen and oxygen atoms in total. The predicted octanol–water partition coefficient (Wildman–Crippen LogP) is -0.478. The molecule has 0 aliphatic rings. The molecule has 0 aromatic rings. The molecule has 56 valence electrons. The maximum atomic E-state index is 10.7. The van der Waals surface area contributed by atoms with Crippen LogP contribution in [0.3, 0.4) is 0 Å². The van der Waals surface area contributed by atoms with Crippen molar-refractivity contribution < 1.29 is 8.42 Å². The molecule has 5 heteroatoms. The summed E-state index contributed by atoms with van der Waals surface area (Å²) in [6, 6.07) is 0. The Morgan fingerprint density at radius 2 is 2.11 bits per heavy atom. The van der Waals surface area contributed by atoms with Crippen molar-refractivity contribution in [1.29, 1.82) is 0 Å². The molecule has 1 N–H and O–H groups in total. The first-order valence-corrected chi connectivity index (χ1v) is 5.69. The van der Waals surface area contributed by atoms with E-state index in [0.717, 1.165) is 35.4 Å². The summed E-state index contributed by atoms with van der Waals surface area (Å²) in [5, 5.41) is 0. The topological polar surface area (TPSA) is 46.2 Å². The van der Waals surface area contributed by atoms with Gasteiger partial charge in [-0.2, -0.15) is 0 Å². The first-order valence-electron chi connectivity index (χ1n) is 2.76. The van der Waals surface area contributed by atoms with Gasteiger partial charge in [-0.1, -0.05) is 0 Å². The molecular formula is C4H11NO2STe. The fourth-order valence-corrected chi connectivity index (χ4v) is 1.92. The summed E-state index contributed by atoms with van der Waals surface area (Å²) >= 11 is 1.11. The average Bonchev–Trinajstić information content (AvgIpc) is 1.84. The van der Waals surface area contributed by atoms with Gasteiger partial charge in [0.15, 0.2) is 0 Å². The molecule has 0 aliphatic carbocycles. The monoisotopic (exact) mass is 267 g/mol. The van der Waals surface area contributed by atoms with Crippen LogP contribution in [0.5, 0.6) is 0 Å². The van der Waals surface area contributed by atoms with E-state index in [-0.39, 0.29) is 5.75 Å². The Balaban J connectivity index is 3.61. The minimum absolute atomic E-state index is 0.262. The van der Waals surface area contributed by atoms with Crippen LogP contribution in [-0.4, -0.2) is 36.7 Å². The molecular weight excluding hydrogens is 254 g/mol. The van der Waals surface area contributed by atoms with E-state index in [4.69, 9.17) is 0 Å². The fourth-order valence-electron chi connectivity index (χ4n) is 0.380. The summed E-state index contributed by atoms with van der Waals surface area (Å²) in [6.07, 6.45) is 1.67. The van der Waals surface area contributed by atoms with Gasteiger partial charge in [-0.15, -0.1) is 0 Å². The molecule has 0 atom stereocenters. The summed E-state index contributed by atoms with van der Waals surface area (Å²) in [4.78, 5) is 0. The Morgan fingerprint density at radius 1 is 1.56 bits per heavy atom. The van der Waals surface area contributed by atoms with Gasteiger partial charge in [0.05, 0.1) is 0 Å². The van der Waals surface area contributed by atoms with Gasteiger partial charge in [0, 0.05) is 0 Å². The third-order valence-corrected chi connectivity index (χ3v) is 4.39. The fraction of sp³-hybridized carbons (Fsp3) is 1.00. The number of hydrogen-bond acceptors (Lipinski definition) is 2. The van der Waals surface area contributed by atoms with Crippen LogP contribution in [0, 0.1) is 0 Å². The van der Waals surface area contributed by atoms with E-state index < -0.39 is 10.0 Å². The van der Waals surface area contributed by atoms with E-state index in [0.29, 0.717) is 0 Å². The van der Waals surface area contributed by atoms with Gasteiger partial charge in [-0.25, -0.2) is 0 Å². The Kier molecular flexibility index (Phi) is 4.86. The summed E-state index contributed by atoms with van der Waals surface area (Å²) in [7, 11) is -2.91. The van der Waals surface area contributed by atoms with Gasteiger partial charge in [0.2, 0.25) is 0 Å². The normalized spacial score (nSPS) is 11.8. The van der Waals surface area contributed by atoms with Crippen molar-refractivity contribution in [2.45, 2.75) is 19.8 Å². The second-order valence-corrected chi connectivity index (χ2v) is 5.15. The number of nitrogens with one attached hydrogen (secondary N) is 1. The van der Waals surface area contributed by atoms with E-state index >= 15 is 0 Å². The Labute approximate surface area is 69.5 Å². The van der Waals surface area contributed by atoms with Crippen LogP contribution in [0.2, 0.25) is 0 Å². The van der Waals surface area contributed by atoms with Crippen molar-refractivity contribution in [3.63, 3.8) is 0 Å². The van der Waals surface area contributed by atoms with Crippen LogP contribution in [-0.2, 0) is 10.0 Å². The third kappa shape index (κ3) is 5.16. The summed E-state index contributed by atoms with van der Waals surface area (Å²) < 4.78 is 23.6. The van der Waals surface area contributed by atoms with Crippen molar-refractivity contribution in [1.82, 2.24) is 2.97 Å². The second kappa shape index (κ2) is 4.51. The molecule has 9 heavy (non-hydrogen) atoms. The molecule has 0 unspecified atom stereocenters. The quantitative estimate of drug-likeness (QED) is 0.698. The zero-order valence-electron chi connectivity index (χ0n) is 5.29. The van der Waals surface area contributed by atoms with E-state index in [2.05, 4.69) is 2.97 Å². The summed E-state index contributed by atoms with van der Waals surface area (Å²) in [6.45, 7) is 1.97. The van der Waals surface area contributed by atoms with Gasteiger partial charge in [0.1, 0.15) is 0 Å². The molecule has 0 heterocycles. The van der Waals surface area contributed by atoms with Crippen LogP contribution in [0.15, 0.2) is 0 Å². The maximum absolute atomic E-state index is 10.7. The third-order valence-electron chi connectivity index (χ3n) is 0.906. The van der Waals surface area contributed by atoms with Crippen molar-refractivity contribution in [2.75, 3.05) is 5.75 Å². The van der Waals surface area contributed by atoms with E-state index in [1.807, 2.05) is 6.92 Å². The first-order chi connectivity index (χ1) is 4.12. The number of rotatable bonds is 4. The van der Waals surface area contributed by atoms with Gasteiger partial charge < -0.3 is 0 Å². The zero-order chi connectivity index (χ0) is 7.33. The van der Waals surface area contributed by atoms with Crippen LogP contribution in [0.1, 0.15) is 19.8 Å². The summed E-state index contributed by atoms with van der Waals surface area (Å²) in [5.41, 5.74) is 0. The van der Waals surface area contributed by atoms with Crippen molar-refractivity contribution >= 4 is 32.6 Å². The molecule has 0 rings (SSSR count). The molecule has 0 radical (unpaired) electrons. The Morgan fingerprint density at radius 3 is 2.44 bits per heavy atom. The van der Waals surface area contributed by atoms with Crippen LogP contribution < -0.4 is 2.97 Å². The average molecular weight is 265 g/mol. The second-order valence-electron chi connectivity index (χ2n) is 1.76. The molecule has 0 amide bonds. The molecule has 0 fully saturated rings. The van der Waals surface area contributed by atoms with Crippen LogP contribution >= 0.6 is 0 Å². The van der Waals surface area contributed by atoms with Crippen LogP contribution in [0.4, 0.5) is 0 Å². The van der Waals surface area contributed by atoms with E-state index in [1.165, 1.54) is 0 Å². The van der Waals surface area contributed by atoms with Gasteiger partial charge in [-0.3, -0.25) is 0 Å². The molecule has 0 aliphatic heterocycles. The van der Waals surface area contributed by atoms with E-state index in [1.54, 1.807) is 0 Å². The van der Waals surface area contributed by atoms with Crippen molar-refractivity contribution in [3.05, 3.63) is 0 Å². The first kappa shape index (κ1) is 9.70. The molecule has 0 saturated heterocycles. The van der Waals surface area contributed by atoms with Gasteiger partial charge in [0.25, 0.3) is 0 Å². The zero-order valence-corrected chi connectivity index (χ0v) is 8.66.